The molecule has 0 saturated carbocycles. The normalized spacial score (nSPS) is 9.62. The molecule has 0 aromatic heterocycles. The molecule has 0 heterocycles. The Bertz CT molecular complexity index is 422. The Morgan fingerprint density at radius 2 is 2.31 bits per heavy atom. The number of carbonyl (C=O) groups excluding carboxylic acids is 1. The predicted octanol–water partition coefficient (Wildman–Crippen LogP) is 1.94. The van der Waals surface area contributed by atoms with Gasteiger partial charge in [0.1, 0.15) is 0 Å². The van der Waals surface area contributed by atoms with Crippen LogP contribution in [0.1, 0.15) is 0 Å². The van der Waals surface area contributed by atoms with Crippen LogP contribution in [0.4, 0.5) is 11.4 Å². The molecule has 1 aromatic rings. The van der Waals surface area contributed by atoms with Gasteiger partial charge in [-0.25, -0.2) is 0 Å². The third kappa shape index (κ3) is 2.93. The van der Waals surface area contributed by atoms with Gasteiger partial charge in [-0.15, -0.1) is 0 Å². The lowest BCUT2D eigenvalue weighted by Crippen LogP contribution is -2.12. The maximum absolute atomic E-state index is 11.1. The van der Waals surface area contributed by atoms with Crippen molar-refractivity contribution < 1.29 is 14.5 Å². The average Bonchev–Trinajstić information content (AvgIpc) is 2.28. The fraction of sp³-hybridized carbons (Fsp3) is 0.222. The second-order valence-electron chi connectivity index (χ2n) is 2.83. The molecule has 7 heteroatoms. The molecule has 1 N–H and O–H groups in total. The molecule has 0 fully saturated rings. The molecule has 0 bridgehead atoms. The van der Waals surface area contributed by atoms with Crippen molar-refractivity contribution in [3.05, 3.63) is 28.3 Å². The van der Waals surface area contributed by atoms with Gasteiger partial charge in [-0.2, -0.15) is 0 Å². The molecule has 1 aromatic carbocycles. The van der Waals surface area contributed by atoms with Crippen molar-refractivity contribution >= 4 is 33.2 Å². The van der Waals surface area contributed by atoms with Gasteiger partial charge in [0.2, 0.25) is 5.91 Å². The first kappa shape index (κ1) is 12.4. The summed E-state index contributed by atoms with van der Waals surface area (Å²) < 4.78 is 4.83. The quantitative estimate of drug-likeness (QED) is 0.521. The van der Waals surface area contributed by atoms with Gasteiger partial charge in [-0.05, 0) is 12.1 Å². The second-order valence-corrected chi connectivity index (χ2v) is 3.39. The summed E-state index contributed by atoms with van der Waals surface area (Å²) in [5.74, 6) is -0.124. The number of rotatable bonds is 4. The molecule has 0 aliphatic heterocycles. The van der Waals surface area contributed by atoms with Crippen molar-refractivity contribution in [2.45, 2.75) is 0 Å². The van der Waals surface area contributed by atoms with Gasteiger partial charge in [0.15, 0.2) is 5.75 Å². The first-order chi connectivity index (χ1) is 7.58. The van der Waals surface area contributed by atoms with E-state index >= 15 is 0 Å². The lowest BCUT2D eigenvalue weighted by Gasteiger charge is -2.05. The highest BCUT2D eigenvalue weighted by Crippen LogP contribution is 2.29. The number of benzene rings is 1. The number of amides is 1. The minimum Gasteiger partial charge on any atom is -0.490 e. The molecule has 0 atom stereocenters. The minimum atomic E-state index is -0.567. The van der Waals surface area contributed by atoms with Crippen molar-refractivity contribution in [3.8, 4) is 5.75 Å². The van der Waals surface area contributed by atoms with Gasteiger partial charge in [0.05, 0.1) is 17.4 Å². The van der Waals surface area contributed by atoms with E-state index in [2.05, 4.69) is 21.2 Å². The van der Waals surface area contributed by atoms with Crippen LogP contribution in [0.5, 0.6) is 5.75 Å². The van der Waals surface area contributed by atoms with Crippen LogP contribution in [-0.2, 0) is 4.79 Å². The third-order valence-electron chi connectivity index (χ3n) is 1.78. The molecule has 0 spiro atoms. The number of carbonyl (C=O) groups is 1. The summed E-state index contributed by atoms with van der Waals surface area (Å²) in [5.41, 5.74) is 0.173. The molecule has 0 unspecified atom stereocenters. The van der Waals surface area contributed by atoms with Crippen LogP contribution in [0.15, 0.2) is 18.2 Å². The molecular weight excluding hydrogens is 280 g/mol. The first-order valence-electron chi connectivity index (χ1n) is 4.26. The number of halogens is 1. The Hall–Kier alpha value is -1.63. The van der Waals surface area contributed by atoms with Crippen molar-refractivity contribution in [3.63, 3.8) is 0 Å². The highest BCUT2D eigenvalue weighted by atomic mass is 79.9. The second kappa shape index (κ2) is 5.45. The molecule has 0 saturated heterocycles. The Balaban J connectivity index is 3.02. The first-order valence-corrected chi connectivity index (χ1v) is 5.39. The lowest BCUT2D eigenvalue weighted by molar-refractivity contribution is -0.385. The fourth-order valence-corrected chi connectivity index (χ4v) is 1.25. The summed E-state index contributed by atoms with van der Waals surface area (Å²) in [6.45, 7) is 0. The molecule has 1 amide bonds. The van der Waals surface area contributed by atoms with E-state index < -0.39 is 4.92 Å². The Kier molecular flexibility index (Phi) is 4.24. The maximum atomic E-state index is 11.1. The largest absolute Gasteiger partial charge is 0.490 e. The highest BCUT2D eigenvalue weighted by Gasteiger charge is 2.15. The van der Waals surface area contributed by atoms with Crippen molar-refractivity contribution in [2.75, 3.05) is 17.8 Å². The third-order valence-corrected chi connectivity index (χ3v) is 2.29. The zero-order valence-corrected chi connectivity index (χ0v) is 9.98. The number of anilines is 1. The molecule has 16 heavy (non-hydrogen) atoms. The molecule has 1 rings (SSSR count). The number of hydrogen-bond acceptors (Lipinski definition) is 4. The number of nitrogens with zero attached hydrogens (tertiary/aromatic N) is 1. The SMILES string of the molecule is COc1ccc(NC(=O)CBr)cc1[N+](=O)[O-]. The number of nitrogens with one attached hydrogen (secondary N) is 1. The molecule has 86 valence electrons. The molecule has 0 radical (unpaired) electrons. The summed E-state index contributed by atoms with van der Waals surface area (Å²) in [4.78, 5) is 21.2. The monoisotopic (exact) mass is 288 g/mol. The van der Waals surface area contributed by atoms with Crippen LogP contribution in [0, 0.1) is 10.1 Å². The number of hydrogen-bond donors (Lipinski definition) is 1. The Morgan fingerprint density at radius 1 is 1.62 bits per heavy atom. The smallest absolute Gasteiger partial charge is 0.312 e. The standard InChI is InChI=1S/C9H9BrN2O4/c1-16-8-3-2-6(11-9(13)5-10)4-7(8)12(14)15/h2-4H,5H2,1H3,(H,11,13). The maximum Gasteiger partial charge on any atom is 0.312 e. The summed E-state index contributed by atoms with van der Waals surface area (Å²) in [5, 5.41) is 13.3. The predicted molar refractivity (Wildman–Crippen MR) is 62.1 cm³/mol. The number of methoxy groups -OCH3 is 1. The van der Waals surface area contributed by atoms with E-state index in [4.69, 9.17) is 4.74 Å². The van der Waals surface area contributed by atoms with E-state index in [1.165, 1.54) is 25.3 Å². The summed E-state index contributed by atoms with van der Waals surface area (Å²) in [6.07, 6.45) is 0. The van der Waals surface area contributed by atoms with E-state index in [-0.39, 0.29) is 22.7 Å². The topological polar surface area (TPSA) is 81.5 Å². The van der Waals surface area contributed by atoms with Crippen LogP contribution < -0.4 is 10.1 Å². The number of alkyl halides is 1. The Morgan fingerprint density at radius 3 is 2.81 bits per heavy atom. The molecule has 6 nitrogen and oxygen atoms in total. The van der Waals surface area contributed by atoms with Crippen molar-refractivity contribution in [2.24, 2.45) is 0 Å². The van der Waals surface area contributed by atoms with Crippen LogP contribution in [0.25, 0.3) is 0 Å². The Labute approximate surface area is 99.9 Å². The minimum absolute atomic E-state index is 0.132. The van der Waals surface area contributed by atoms with E-state index in [1.807, 2.05) is 0 Å². The summed E-state index contributed by atoms with van der Waals surface area (Å²) in [6, 6.07) is 4.22. The van der Waals surface area contributed by atoms with E-state index in [0.29, 0.717) is 5.69 Å². The van der Waals surface area contributed by atoms with Crippen molar-refractivity contribution in [1.29, 1.82) is 0 Å². The highest BCUT2D eigenvalue weighted by molar-refractivity contribution is 9.09. The number of nitro benzene ring substituents is 1. The van der Waals surface area contributed by atoms with Crippen molar-refractivity contribution in [1.82, 2.24) is 0 Å². The van der Waals surface area contributed by atoms with Crippen LogP contribution >= 0.6 is 15.9 Å². The van der Waals surface area contributed by atoms with Crippen LogP contribution in [0.3, 0.4) is 0 Å². The van der Waals surface area contributed by atoms with Gasteiger partial charge in [0, 0.05) is 11.8 Å². The zero-order chi connectivity index (χ0) is 12.1. The summed E-state index contributed by atoms with van der Waals surface area (Å²) >= 11 is 2.98. The molecule has 0 aliphatic carbocycles. The van der Waals surface area contributed by atoms with Crippen LogP contribution in [-0.4, -0.2) is 23.3 Å². The summed E-state index contributed by atoms with van der Waals surface area (Å²) in [7, 11) is 1.35. The van der Waals surface area contributed by atoms with Gasteiger partial charge < -0.3 is 10.1 Å². The average molecular weight is 289 g/mol. The molecular formula is C9H9BrN2O4. The van der Waals surface area contributed by atoms with Gasteiger partial charge in [0.25, 0.3) is 0 Å². The van der Waals surface area contributed by atoms with Gasteiger partial charge in [-0.1, -0.05) is 15.9 Å². The zero-order valence-electron chi connectivity index (χ0n) is 8.40. The van der Waals surface area contributed by atoms with E-state index in [9.17, 15) is 14.9 Å². The van der Waals surface area contributed by atoms with E-state index in [1.54, 1.807) is 0 Å². The van der Waals surface area contributed by atoms with Crippen LogP contribution in [0.2, 0.25) is 0 Å². The number of ether oxygens (including phenoxy) is 1. The lowest BCUT2D eigenvalue weighted by atomic mass is 10.2. The van der Waals surface area contributed by atoms with E-state index in [0.717, 1.165) is 0 Å². The number of nitro groups is 1. The van der Waals surface area contributed by atoms with Gasteiger partial charge >= 0.3 is 5.69 Å². The fourth-order valence-electron chi connectivity index (χ4n) is 1.10. The molecule has 0 aliphatic rings. The van der Waals surface area contributed by atoms with Gasteiger partial charge in [-0.3, -0.25) is 14.9 Å².